The Labute approximate surface area is 172 Å². The van der Waals surface area contributed by atoms with Crippen molar-refractivity contribution in [3.63, 3.8) is 0 Å². The molecule has 3 aromatic rings. The molecule has 4 heterocycles. The summed E-state index contributed by atoms with van der Waals surface area (Å²) in [6.07, 6.45) is 5.01. The maximum atomic E-state index is 14.6. The molecule has 0 N–H and O–H groups in total. The number of rotatable bonds is 3. The van der Waals surface area contributed by atoms with Crippen LogP contribution in [0.5, 0.6) is 0 Å². The van der Waals surface area contributed by atoms with Crippen LogP contribution in [-0.2, 0) is 0 Å². The van der Waals surface area contributed by atoms with E-state index in [2.05, 4.69) is 20.2 Å². The van der Waals surface area contributed by atoms with Gasteiger partial charge in [-0.2, -0.15) is 15.0 Å². The molecule has 2 aliphatic heterocycles. The number of hydrogen-bond acceptors (Lipinski definition) is 6. The molecule has 0 saturated carbocycles. The highest BCUT2D eigenvalue weighted by molar-refractivity contribution is 5.98. The minimum absolute atomic E-state index is 0.0104. The molecule has 2 aromatic heterocycles. The Morgan fingerprint density at radius 2 is 1.83 bits per heavy atom. The summed E-state index contributed by atoms with van der Waals surface area (Å²) < 4.78 is 14.6. The van der Waals surface area contributed by atoms with Crippen molar-refractivity contribution < 1.29 is 9.18 Å². The van der Waals surface area contributed by atoms with Crippen molar-refractivity contribution in [2.45, 2.75) is 13.8 Å². The van der Waals surface area contributed by atoms with Gasteiger partial charge in [-0.3, -0.25) is 4.79 Å². The van der Waals surface area contributed by atoms with Gasteiger partial charge in [0.25, 0.3) is 5.91 Å². The van der Waals surface area contributed by atoms with Gasteiger partial charge in [-0.05, 0) is 37.6 Å². The number of halogens is 1. The van der Waals surface area contributed by atoms with Crippen LogP contribution in [0.4, 0.5) is 10.3 Å². The Morgan fingerprint density at radius 3 is 2.53 bits per heavy atom. The fraction of sp³-hybridized carbons (Fsp3) is 0.286. The lowest BCUT2D eigenvalue weighted by Gasteiger charge is -2.21. The van der Waals surface area contributed by atoms with Gasteiger partial charge in [-0.25, -0.2) is 14.4 Å². The third-order valence-electron chi connectivity index (χ3n) is 5.43. The third kappa shape index (κ3) is 3.12. The lowest BCUT2D eigenvalue weighted by molar-refractivity contribution is 0.0784. The average molecular weight is 405 g/mol. The lowest BCUT2D eigenvalue weighted by atomic mass is 10.1. The predicted molar refractivity (Wildman–Crippen MR) is 108 cm³/mol. The monoisotopic (exact) mass is 405 g/mol. The van der Waals surface area contributed by atoms with Crippen molar-refractivity contribution in [3.8, 4) is 5.69 Å². The molecular formula is C21H20FN7O. The molecule has 1 fully saturated rings. The minimum atomic E-state index is -0.578. The van der Waals surface area contributed by atoms with E-state index in [0.29, 0.717) is 31.3 Å². The Bertz CT molecular complexity index is 1140. The summed E-state index contributed by atoms with van der Waals surface area (Å²) in [7, 11) is 0. The normalized spacial score (nSPS) is 18.0. The standard InChI is InChI=1S/C21H20FN7O/c1-13-8-14(2)26-21(25-13)28-11-15-9-27(10-16(15)12-28)20(30)19-17(22)4-3-5-18(19)29-23-6-7-24-29/h3-8,11,16H,9-10,12H2,1-2H3. The van der Waals surface area contributed by atoms with Gasteiger partial charge >= 0.3 is 0 Å². The first kappa shape index (κ1) is 18.4. The number of carbonyl (C=O) groups excluding carboxylic acids is 1. The number of amides is 1. The van der Waals surface area contributed by atoms with E-state index in [1.165, 1.54) is 23.3 Å². The number of fused-ring (bicyclic) bond motifs is 1. The molecule has 0 radical (unpaired) electrons. The molecule has 152 valence electrons. The first-order valence-electron chi connectivity index (χ1n) is 9.73. The van der Waals surface area contributed by atoms with Crippen molar-refractivity contribution >= 4 is 11.9 Å². The van der Waals surface area contributed by atoms with Gasteiger partial charge in [0.2, 0.25) is 5.95 Å². The number of aryl methyl sites for hydroxylation is 2. The van der Waals surface area contributed by atoms with Crippen LogP contribution in [0.1, 0.15) is 21.7 Å². The van der Waals surface area contributed by atoms with E-state index >= 15 is 0 Å². The molecule has 0 bridgehead atoms. The summed E-state index contributed by atoms with van der Waals surface area (Å²) in [5, 5.41) is 8.10. The summed E-state index contributed by atoms with van der Waals surface area (Å²) in [6, 6.07) is 6.42. The molecule has 2 aliphatic rings. The maximum Gasteiger partial charge on any atom is 0.259 e. The molecule has 1 aromatic carbocycles. The summed E-state index contributed by atoms with van der Waals surface area (Å²) >= 11 is 0. The maximum absolute atomic E-state index is 14.6. The van der Waals surface area contributed by atoms with Gasteiger partial charge in [0.05, 0.1) is 12.4 Å². The Balaban J connectivity index is 1.40. The number of aromatic nitrogens is 5. The van der Waals surface area contributed by atoms with Crippen molar-refractivity contribution in [2.75, 3.05) is 24.5 Å². The zero-order valence-corrected chi connectivity index (χ0v) is 16.7. The zero-order valence-electron chi connectivity index (χ0n) is 16.7. The molecule has 0 spiro atoms. The van der Waals surface area contributed by atoms with Crippen LogP contribution in [0.25, 0.3) is 5.69 Å². The van der Waals surface area contributed by atoms with Crippen molar-refractivity contribution in [1.29, 1.82) is 0 Å². The number of benzene rings is 1. The van der Waals surface area contributed by atoms with E-state index in [1.54, 1.807) is 17.0 Å². The van der Waals surface area contributed by atoms with Gasteiger partial charge in [0.1, 0.15) is 17.1 Å². The number of anilines is 1. The smallest absolute Gasteiger partial charge is 0.259 e. The molecule has 1 saturated heterocycles. The summed E-state index contributed by atoms with van der Waals surface area (Å²) in [5.74, 6) is -0.0826. The average Bonchev–Trinajstić information content (AvgIpc) is 3.43. The first-order chi connectivity index (χ1) is 14.5. The molecule has 1 atom stereocenters. The van der Waals surface area contributed by atoms with Crippen molar-refractivity contribution in [1.82, 2.24) is 29.9 Å². The highest BCUT2D eigenvalue weighted by Crippen LogP contribution is 2.33. The fourth-order valence-electron chi connectivity index (χ4n) is 4.13. The summed E-state index contributed by atoms with van der Waals surface area (Å²) in [6.45, 7) is 5.57. The van der Waals surface area contributed by atoms with Crippen LogP contribution >= 0.6 is 0 Å². The molecule has 9 heteroatoms. The molecule has 1 amide bonds. The molecule has 1 unspecified atom stereocenters. The predicted octanol–water partition coefficient (Wildman–Crippen LogP) is 2.29. The van der Waals surface area contributed by atoms with E-state index in [0.717, 1.165) is 17.0 Å². The van der Waals surface area contributed by atoms with Crippen molar-refractivity contribution in [3.05, 3.63) is 71.2 Å². The number of nitrogens with zero attached hydrogens (tertiary/aromatic N) is 7. The Morgan fingerprint density at radius 1 is 1.10 bits per heavy atom. The van der Waals surface area contributed by atoms with Crippen LogP contribution in [0.3, 0.4) is 0 Å². The highest BCUT2D eigenvalue weighted by Gasteiger charge is 2.38. The quantitative estimate of drug-likeness (QED) is 0.665. The topological polar surface area (TPSA) is 80.0 Å². The highest BCUT2D eigenvalue weighted by atomic mass is 19.1. The van der Waals surface area contributed by atoms with Gasteiger partial charge in [-0.15, -0.1) is 0 Å². The van der Waals surface area contributed by atoms with Gasteiger partial charge < -0.3 is 9.80 Å². The van der Waals surface area contributed by atoms with Gasteiger partial charge in [0.15, 0.2) is 0 Å². The van der Waals surface area contributed by atoms with E-state index in [9.17, 15) is 9.18 Å². The molecule has 5 rings (SSSR count). The molecule has 8 nitrogen and oxygen atoms in total. The molecule has 30 heavy (non-hydrogen) atoms. The largest absolute Gasteiger partial charge is 0.334 e. The third-order valence-corrected chi connectivity index (χ3v) is 5.43. The number of hydrogen-bond donors (Lipinski definition) is 0. The second kappa shape index (κ2) is 7.01. The van der Waals surface area contributed by atoms with Gasteiger partial charge in [0, 0.05) is 43.1 Å². The zero-order chi connectivity index (χ0) is 20.8. The molecular weight excluding hydrogens is 385 g/mol. The van der Waals surface area contributed by atoms with E-state index < -0.39 is 5.82 Å². The summed E-state index contributed by atoms with van der Waals surface area (Å²) in [5.41, 5.74) is 3.29. The van der Waals surface area contributed by atoms with Crippen LogP contribution in [-0.4, -0.2) is 55.4 Å². The van der Waals surface area contributed by atoms with Crippen LogP contribution in [0, 0.1) is 25.6 Å². The fourth-order valence-corrected chi connectivity index (χ4v) is 4.13. The number of carbonyl (C=O) groups is 1. The minimum Gasteiger partial charge on any atom is -0.334 e. The number of likely N-dealkylation sites (tertiary alicyclic amines) is 1. The second-order valence-electron chi connectivity index (χ2n) is 7.64. The summed E-state index contributed by atoms with van der Waals surface area (Å²) in [4.78, 5) is 27.2. The van der Waals surface area contributed by atoms with Crippen LogP contribution in [0.15, 0.2) is 48.4 Å². The van der Waals surface area contributed by atoms with E-state index in [4.69, 9.17) is 0 Å². The van der Waals surface area contributed by atoms with Crippen LogP contribution in [0.2, 0.25) is 0 Å². The lowest BCUT2D eigenvalue weighted by Crippen LogP contribution is -2.33. The molecule has 0 aliphatic carbocycles. The second-order valence-corrected chi connectivity index (χ2v) is 7.64. The SMILES string of the molecule is Cc1cc(C)nc(N2C=C3CN(C(=O)c4c(F)cccc4-n4nccn4)CC3C2)n1. The van der Waals surface area contributed by atoms with Gasteiger partial charge in [-0.1, -0.05) is 6.07 Å². The van der Waals surface area contributed by atoms with E-state index in [1.807, 2.05) is 31.0 Å². The first-order valence-corrected chi connectivity index (χ1v) is 9.73. The van der Waals surface area contributed by atoms with Crippen molar-refractivity contribution in [2.24, 2.45) is 5.92 Å². The van der Waals surface area contributed by atoms with E-state index in [-0.39, 0.29) is 17.4 Å². The van der Waals surface area contributed by atoms with Crippen LogP contribution < -0.4 is 4.90 Å². The Kier molecular flexibility index (Phi) is 4.30. The Hall–Kier alpha value is -3.62.